The number of hydrogen-bond acceptors (Lipinski definition) is 2. The number of carboxylic acids is 1. The summed E-state index contributed by atoms with van der Waals surface area (Å²) in [4.78, 5) is 21.5. The van der Waals surface area contributed by atoms with Crippen molar-refractivity contribution in [2.24, 2.45) is 0 Å². The van der Waals surface area contributed by atoms with Gasteiger partial charge in [-0.25, -0.2) is 9.18 Å². The van der Waals surface area contributed by atoms with Gasteiger partial charge in [-0.2, -0.15) is 0 Å². The van der Waals surface area contributed by atoms with Gasteiger partial charge in [0, 0.05) is 5.56 Å². The summed E-state index contributed by atoms with van der Waals surface area (Å²) < 4.78 is 13.2. The predicted molar refractivity (Wildman–Crippen MR) is 64.2 cm³/mol. The molecule has 18 heavy (non-hydrogen) atoms. The zero-order valence-electron chi connectivity index (χ0n) is 9.26. The molecule has 0 radical (unpaired) electrons. The highest BCUT2D eigenvalue weighted by Gasteiger charge is 2.11. The Balaban J connectivity index is 2.53. The Bertz CT molecular complexity index is 620. The first kappa shape index (κ1) is 12.0. The van der Waals surface area contributed by atoms with Gasteiger partial charge in [0.2, 0.25) is 0 Å². The van der Waals surface area contributed by atoms with Crippen molar-refractivity contribution in [1.82, 2.24) is 0 Å². The van der Waals surface area contributed by atoms with Gasteiger partial charge in [-0.15, -0.1) is 0 Å². The smallest absolute Gasteiger partial charge is 0.338 e. The van der Waals surface area contributed by atoms with E-state index in [1.807, 2.05) is 0 Å². The maximum Gasteiger partial charge on any atom is 0.338 e. The number of benzene rings is 2. The van der Waals surface area contributed by atoms with Crippen LogP contribution in [0.4, 0.5) is 4.39 Å². The standard InChI is InChI=1S/C14H9FO3/c15-13-5-4-11(7-12(13)14(17)18)10-3-1-2-9(6-10)8-16/h1-8H,(H,17,18). The summed E-state index contributed by atoms with van der Waals surface area (Å²) in [6, 6.07) is 10.5. The van der Waals surface area contributed by atoms with Crippen LogP contribution in [0.3, 0.4) is 0 Å². The third-order valence-corrected chi connectivity index (χ3v) is 2.55. The monoisotopic (exact) mass is 244 g/mol. The predicted octanol–water partition coefficient (Wildman–Crippen LogP) is 3.00. The van der Waals surface area contributed by atoms with E-state index >= 15 is 0 Å². The molecule has 2 rings (SSSR count). The number of halogens is 1. The highest BCUT2D eigenvalue weighted by molar-refractivity contribution is 5.90. The van der Waals surface area contributed by atoms with E-state index in [4.69, 9.17) is 5.11 Å². The molecule has 0 unspecified atom stereocenters. The van der Waals surface area contributed by atoms with Crippen LogP contribution < -0.4 is 0 Å². The van der Waals surface area contributed by atoms with E-state index in [1.54, 1.807) is 24.3 Å². The topological polar surface area (TPSA) is 54.4 Å². The van der Waals surface area contributed by atoms with E-state index < -0.39 is 11.8 Å². The number of aromatic carboxylic acids is 1. The summed E-state index contributed by atoms with van der Waals surface area (Å²) in [7, 11) is 0. The first-order valence-electron chi connectivity index (χ1n) is 5.20. The fraction of sp³-hybridized carbons (Fsp3) is 0. The van der Waals surface area contributed by atoms with Crippen molar-refractivity contribution in [2.45, 2.75) is 0 Å². The van der Waals surface area contributed by atoms with Crippen molar-refractivity contribution < 1.29 is 19.1 Å². The minimum Gasteiger partial charge on any atom is -0.478 e. The molecule has 3 nitrogen and oxygen atoms in total. The minimum atomic E-state index is -1.32. The van der Waals surface area contributed by atoms with Crippen LogP contribution in [0, 0.1) is 5.82 Å². The highest BCUT2D eigenvalue weighted by Crippen LogP contribution is 2.22. The van der Waals surface area contributed by atoms with Crippen molar-refractivity contribution in [3.8, 4) is 11.1 Å². The number of rotatable bonds is 3. The number of carbonyl (C=O) groups is 2. The van der Waals surface area contributed by atoms with Crippen LogP contribution in [0.1, 0.15) is 20.7 Å². The zero-order valence-corrected chi connectivity index (χ0v) is 9.26. The lowest BCUT2D eigenvalue weighted by Gasteiger charge is -2.04. The fourth-order valence-corrected chi connectivity index (χ4v) is 1.66. The van der Waals surface area contributed by atoms with E-state index in [0.29, 0.717) is 23.0 Å². The molecule has 90 valence electrons. The quantitative estimate of drug-likeness (QED) is 0.844. The minimum absolute atomic E-state index is 0.385. The van der Waals surface area contributed by atoms with Crippen molar-refractivity contribution in [3.05, 3.63) is 59.4 Å². The molecular weight excluding hydrogens is 235 g/mol. The van der Waals surface area contributed by atoms with Gasteiger partial charge in [0.25, 0.3) is 0 Å². The third kappa shape index (κ3) is 2.27. The van der Waals surface area contributed by atoms with Crippen LogP contribution >= 0.6 is 0 Å². The lowest BCUT2D eigenvalue weighted by atomic mass is 10.0. The van der Waals surface area contributed by atoms with E-state index in [2.05, 4.69) is 0 Å². The largest absolute Gasteiger partial charge is 0.478 e. The van der Waals surface area contributed by atoms with Crippen LogP contribution in [0.15, 0.2) is 42.5 Å². The van der Waals surface area contributed by atoms with Gasteiger partial charge >= 0.3 is 5.97 Å². The molecule has 0 aromatic heterocycles. The van der Waals surface area contributed by atoms with Crippen molar-refractivity contribution in [3.63, 3.8) is 0 Å². The molecule has 0 fully saturated rings. The molecule has 0 heterocycles. The summed E-state index contributed by atoms with van der Waals surface area (Å²) in [5.74, 6) is -2.10. The van der Waals surface area contributed by atoms with Gasteiger partial charge in [-0.3, -0.25) is 4.79 Å². The molecule has 0 saturated carbocycles. The Morgan fingerprint density at radius 3 is 2.50 bits per heavy atom. The van der Waals surface area contributed by atoms with Gasteiger partial charge in [-0.1, -0.05) is 24.3 Å². The van der Waals surface area contributed by atoms with Crippen LogP contribution in [0.5, 0.6) is 0 Å². The highest BCUT2D eigenvalue weighted by atomic mass is 19.1. The summed E-state index contributed by atoms with van der Waals surface area (Å²) in [6.07, 6.45) is 0.700. The molecule has 4 heteroatoms. The van der Waals surface area contributed by atoms with E-state index in [1.165, 1.54) is 12.1 Å². The Morgan fingerprint density at radius 1 is 1.11 bits per heavy atom. The maximum absolute atomic E-state index is 13.2. The normalized spacial score (nSPS) is 10.1. The van der Waals surface area contributed by atoms with Crippen molar-refractivity contribution in [2.75, 3.05) is 0 Å². The lowest BCUT2D eigenvalue weighted by molar-refractivity contribution is 0.0692. The van der Waals surface area contributed by atoms with Crippen LogP contribution in [0.25, 0.3) is 11.1 Å². The molecule has 0 aliphatic heterocycles. The van der Waals surface area contributed by atoms with Crippen molar-refractivity contribution >= 4 is 12.3 Å². The molecule has 0 saturated heterocycles. The molecule has 0 aliphatic rings. The average Bonchev–Trinajstić information content (AvgIpc) is 2.39. The third-order valence-electron chi connectivity index (χ3n) is 2.55. The Morgan fingerprint density at radius 2 is 1.83 bits per heavy atom. The first-order chi connectivity index (χ1) is 8.61. The van der Waals surface area contributed by atoms with Gasteiger partial charge in [-0.05, 0) is 29.3 Å². The molecule has 0 atom stereocenters. The average molecular weight is 244 g/mol. The zero-order chi connectivity index (χ0) is 13.1. The summed E-state index contributed by atoms with van der Waals surface area (Å²) in [5, 5.41) is 8.84. The van der Waals surface area contributed by atoms with Crippen molar-refractivity contribution in [1.29, 1.82) is 0 Å². The van der Waals surface area contributed by atoms with E-state index in [-0.39, 0.29) is 5.56 Å². The molecule has 0 aliphatic carbocycles. The molecule has 0 spiro atoms. The second-order valence-corrected chi connectivity index (χ2v) is 3.74. The van der Waals surface area contributed by atoms with E-state index in [9.17, 15) is 14.0 Å². The molecule has 2 aromatic rings. The van der Waals surface area contributed by atoms with Crippen LogP contribution in [0.2, 0.25) is 0 Å². The Kier molecular flexibility index (Phi) is 3.19. The second kappa shape index (κ2) is 4.79. The van der Waals surface area contributed by atoms with Crippen LogP contribution in [-0.2, 0) is 0 Å². The number of carbonyl (C=O) groups excluding carboxylic acids is 1. The van der Waals surface area contributed by atoms with E-state index in [0.717, 1.165) is 6.07 Å². The van der Waals surface area contributed by atoms with Gasteiger partial charge in [0.15, 0.2) is 0 Å². The Labute approximate surface area is 103 Å². The number of hydrogen-bond donors (Lipinski definition) is 1. The summed E-state index contributed by atoms with van der Waals surface area (Å²) in [5.41, 5.74) is 1.32. The molecule has 1 N–H and O–H groups in total. The number of carboxylic acid groups (broad SMARTS) is 1. The Hall–Kier alpha value is -2.49. The second-order valence-electron chi connectivity index (χ2n) is 3.74. The van der Waals surface area contributed by atoms with Gasteiger partial charge in [0.05, 0.1) is 5.56 Å². The summed E-state index contributed by atoms with van der Waals surface area (Å²) >= 11 is 0. The SMILES string of the molecule is O=Cc1cccc(-c2ccc(F)c(C(=O)O)c2)c1. The maximum atomic E-state index is 13.2. The summed E-state index contributed by atoms with van der Waals surface area (Å²) in [6.45, 7) is 0. The fourth-order valence-electron chi connectivity index (χ4n) is 1.66. The molecular formula is C14H9FO3. The molecule has 0 bridgehead atoms. The first-order valence-corrected chi connectivity index (χ1v) is 5.20. The number of aldehydes is 1. The lowest BCUT2D eigenvalue weighted by Crippen LogP contribution is -2.00. The van der Waals surface area contributed by atoms with Gasteiger partial charge < -0.3 is 5.11 Å². The van der Waals surface area contributed by atoms with Crippen LogP contribution in [-0.4, -0.2) is 17.4 Å². The molecule has 2 aromatic carbocycles. The van der Waals surface area contributed by atoms with Gasteiger partial charge in [0.1, 0.15) is 12.1 Å². The molecule has 0 amide bonds.